The van der Waals surface area contributed by atoms with Crippen LogP contribution in [0.2, 0.25) is 20.1 Å². The fraction of sp³-hybridized carbons (Fsp3) is 0.325. The molecule has 1 fully saturated rings. The van der Waals surface area contributed by atoms with E-state index < -0.39 is 86.6 Å². The van der Waals surface area contributed by atoms with Crippen LogP contribution in [0.25, 0.3) is 54.5 Å². The molecule has 0 amide bonds. The third kappa shape index (κ3) is 23.4. The van der Waals surface area contributed by atoms with Crippen LogP contribution in [0.5, 0.6) is 0 Å². The molecule has 6 atom stereocenters. The lowest BCUT2D eigenvalue weighted by Gasteiger charge is -2.28. The molecule has 1 saturated carbocycles. The number of aryl methyl sites for hydroxylation is 5. The van der Waals surface area contributed by atoms with Gasteiger partial charge in [-0.15, -0.1) is 0 Å². The highest BCUT2D eigenvalue weighted by atomic mass is 35.5. The van der Waals surface area contributed by atoms with Crippen molar-refractivity contribution in [2.45, 2.75) is 243 Å². The molecule has 0 bridgehead atoms. The maximum atomic E-state index is 14.6. The number of benzene rings is 10. The Bertz CT molecular complexity index is 7940. The Morgan fingerprint density at radius 1 is 0.473 bits per heavy atom. The van der Waals surface area contributed by atoms with Gasteiger partial charge in [0.25, 0.3) is 0 Å². The summed E-state index contributed by atoms with van der Waals surface area (Å²) in [6, 6.07) is 47.5. The zero-order chi connectivity index (χ0) is 107. The van der Waals surface area contributed by atoms with E-state index in [0.717, 1.165) is 181 Å². The molecule has 2 aliphatic heterocycles. The molecule has 0 spiro atoms. The predicted molar refractivity (Wildman–Crippen MR) is 562 cm³/mol. The number of alkyl halides is 3. The van der Waals surface area contributed by atoms with Gasteiger partial charge in [0, 0.05) is 158 Å². The van der Waals surface area contributed by atoms with E-state index in [9.17, 15) is 103 Å². The second kappa shape index (κ2) is 45.3. The standard InChI is InChI=1S/C24H23F4NO4S.C23H23ClFNO2S.C23H21ClFNO2.C22H19ClFNO5S.C22H19ClFNO3/c1-13(14-6-8-16(9-7-14)24(26,27)28)29-22-15(10-21(30)31)4-3-5-18(22)19-11-17(25)12-20(23(19)29)34-33-32-2;1-13(2)18-11-16(25)12-19-21(18)23(29-17-7-5-15(24)6-8-17)22-14(10-20(27)28)4-3-9-26(19)22;24-16-6-1-13(2-7-16)12-26-22-15(9-21(27)28)5-8-18(22)20-11-17(25)10-19(23(20)26)14-3-4-14;1-31(29,30)17-11-15(24)10-16-19(17)20(22(28)12-4-6-14(23)7-5-12)21-13(9-18(26)27)3-2-8-25(16)21;1-12(26)18-9-16(24)10-19-17-7-4-14(8-20(27)28)21(17)25(22(18)19)11-13-2-5-15(23)6-3-13/h6-9,11-13,15H,3-5,10H2,1-2H3,(H,30,31);5-8,11-14H,3-4,9-10H2,1-2H3,(H,27,28);1-2,6-7,10-11,14-15H,3-5,8-9,12H2,(H,27,28);4-7,10-11,13H,2-3,8-9H2,1H3,(H,26,27);2-3,5-6,9-10,14H,4,7-8,11H2,1H3,(H,27,28)/t13-,15+;14-;15-;13-;14-/m01111/s1. The van der Waals surface area contributed by atoms with Crippen LogP contribution >= 0.6 is 70.2 Å². The minimum absolute atomic E-state index is 0.0157. The Morgan fingerprint density at radius 3 is 1.40 bits per heavy atom. The molecular weight excluding hydrogens is 2090 g/mol. The van der Waals surface area contributed by atoms with E-state index in [2.05, 4.69) is 27.9 Å². The molecule has 0 saturated heterocycles. The summed E-state index contributed by atoms with van der Waals surface area (Å²) < 4.78 is 152. The maximum Gasteiger partial charge on any atom is 0.416 e. The van der Waals surface area contributed by atoms with E-state index in [1.54, 1.807) is 64.9 Å². The molecule has 7 heterocycles. The molecule has 15 aromatic rings. The van der Waals surface area contributed by atoms with E-state index in [4.69, 9.17) is 50.7 Å². The smallest absolute Gasteiger partial charge is 0.416 e. The number of sulfone groups is 1. The molecule has 10 aromatic carbocycles. The van der Waals surface area contributed by atoms with Crippen molar-refractivity contribution in [3.63, 3.8) is 0 Å². The fourth-order valence-corrected chi connectivity index (χ4v) is 26.0. The number of nitrogens with zero attached hydrogens (tertiary/aromatic N) is 5. The van der Waals surface area contributed by atoms with Crippen LogP contribution in [0.15, 0.2) is 202 Å². The van der Waals surface area contributed by atoms with Crippen LogP contribution in [-0.4, -0.2) is 112 Å². The lowest BCUT2D eigenvalue weighted by molar-refractivity contribution is -0.160. The number of fused-ring (bicyclic) bond motifs is 15. The molecule has 0 radical (unpaired) electrons. The largest absolute Gasteiger partial charge is 0.481 e. The summed E-state index contributed by atoms with van der Waals surface area (Å²) in [6.07, 6.45) is 6.54. The molecule has 0 unspecified atom stereocenters. The fourth-order valence-electron chi connectivity index (χ4n) is 22.7. The van der Waals surface area contributed by atoms with Gasteiger partial charge in [0.15, 0.2) is 21.4 Å². The van der Waals surface area contributed by atoms with E-state index in [1.807, 2.05) is 76.7 Å². The van der Waals surface area contributed by atoms with Gasteiger partial charge in [0.05, 0.1) is 106 Å². The minimum atomic E-state index is -4.45. The van der Waals surface area contributed by atoms with E-state index >= 15 is 0 Å². The highest BCUT2D eigenvalue weighted by molar-refractivity contribution is 7.99. The van der Waals surface area contributed by atoms with Crippen molar-refractivity contribution in [1.29, 1.82) is 0 Å². The number of rotatable bonds is 27. The topological polar surface area (TPSA) is 298 Å². The SMILES string of the molecule is CC(=O)c1cc(F)cc2c3c(n(Cc4ccc(Cl)cc4)c12)[C@@H](CC(=O)O)CC3.CC(C)c1cc(F)cc2c1c(Sc1ccc(Cl)cc1)c1n2CCC[C@@H]1CC(=O)O.COOSc1cc(F)cc2c3c(n([C@@H](C)c4ccc(C(F)(F)F)cc4)c12)[C@@H](CC(=O)O)CCC3.CS(=O)(=O)c1cc(F)cc2c1c(C(=O)c1ccc(Cl)cc1)c1n2CCC[C@@H]1CC(=O)O.O=C(O)C[C@H]1CCc2c1n(Cc1ccc(Cl)cc1)c1c(C3CC3)cc(F)cc21. The van der Waals surface area contributed by atoms with Crippen molar-refractivity contribution >= 4 is 176 Å². The molecule has 150 heavy (non-hydrogen) atoms. The van der Waals surface area contributed by atoms with E-state index in [0.29, 0.717) is 128 Å². The Kier molecular flexibility index (Phi) is 32.9. The molecule has 21 nitrogen and oxygen atoms in total. The number of aromatic nitrogens is 5. The Labute approximate surface area is 886 Å². The monoisotopic (exact) mass is 2190 g/mol. The predicted octanol–water partition coefficient (Wildman–Crippen LogP) is 29.4. The lowest BCUT2D eigenvalue weighted by Crippen LogP contribution is -2.20. The average Bonchev–Trinajstić information content (AvgIpc) is 1.58. The summed E-state index contributed by atoms with van der Waals surface area (Å²) in [5, 5.41) is 53.1. The van der Waals surface area contributed by atoms with Gasteiger partial charge in [0.2, 0.25) is 0 Å². The van der Waals surface area contributed by atoms with Gasteiger partial charge in [-0.3, -0.25) is 33.6 Å². The van der Waals surface area contributed by atoms with Gasteiger partial charge in [-0.1, -0.05) is 108 Å². The number of hydrogen-bond acceptors (Lipinski definition) is 13. The minimum Gasteiger partial charge on any atom is -0.481 e. The summed E-state index contributed by atoms with van der Waals surface area (Å²) >= 11 is 26.5. The van der Waals surface area contributed by atoms with Crippen LogP contribution in [0.1, 0.15) is 276 Å². The molecule has 5 N–H and O–H groups in total. The van der Waals surface area contributed by atoms with Crippen LogP contribution in [0, 0.1) is 29.1 Å². The van der Waals surface area contributed by atoms with Crippen LogP contribution in [0.3, 0.4) is 0 Å². The van der Waals surface area contributed by atoms with Crippen molar-refractivity contribution in [3.05, 3.63) is 326 Å². The van der Waals surface area contributed by atoms with Crippen molar-refractivity contribution in [2.24, 2.45) is 0 Å². The maximum absolute atomic E-state index is 14.6. The summed E-state index contributed by atoms with van der Waals surface area (Å²) in [5.41, 5.74) is 15.5. The number of carboxylic acids is 5. The number of Topliss-reactive ketones (excluding diaryl/α,β-unsaturated/α-hetero) is 1. The number of carbonyl (C=O) groups is 7. The van der Waals surface area contributed by atoms with Gasteiger partial charge in [-0.2, -0.15) is 17.5 Å². The van der Waals surface area contributed by atoms with Crippen LogP contribution in [-0.2, 0) is 94.6 Å². The molecular formula is C114H105Cl4F8N5O16S3. The number of carboxylic acid groups (broad SMARTS) is 5. The van der Waals surface area contributed by atoms with Crippen molar-refractivity contribution in [3.8, 4) is 0 Å². The van der Waals surface area contributed by atoms with Gasteiger partial charge in [-0.05, 0) is 299 Å². The van der Waals surface area contributed by atoms with Crippen LogP contribution in [0.4, 0.5) is 35.1 Å². The molecule has 6 aliphatic rings. The normalized spacial score (nSPS) is 16.8. The summed E-state index contributed by atoms with van der Waals surface area (Å²) in [7, 11) is -2.56. The third-order valence-electron chi connectivity index (χ3n) is 29.0. The number of carbonyl (C=O) groups excluding carboxylic acids is 2. The first-order valence-electron chi connectivity index (χ1n) is 49.2. The summed E-state index contributed by atoms with van der Waals surface area (Å²) in [5.74, 6) is -7.69. The second-order valence-electron chi connectivity index (χ2n) is 39.4. The quantitative estimate of drug-likeness (QED) is 0.0105. The number of aliphatic carboxylic acids is 5. The summed E-state index contributed by atoms with van der Waals surface area (Å²) in [4.78, 5) is 90.3. The molecule has 36 heteroatoms. The molecule has 21 rings (SSSR count). The van der Waals surface area contributed by atoms with E-state index in [-0.39, 0.29) is 106 Å². The average molecular weight is 2190 g/mol. The lowest BCUT2D eigenvalue weighted by atomic mass is 9.84. The number of ketones is 2. The van der Waals surface area contributed by atoms with Crippen LogP contribution < -0.4 is 0 Å². The van der Waals surface area contributed by atoms with Gasteiger partial charge in [-0.25, -0.2) is 35.3 Å². The zero-order valence-electron chi connectivity index (χ0n) is 82.2. The Balaban J connectivity index is 0.000000128. The third-order valence-corrected chi connectivity index (χ3v) is 32.9. The highest BCUT2D eigenvalue weighted by Crippen LogP contribution is 2.54. The molecule has 4 aliphatic carbocycles. The molecule has 5 aromatic heterocycles. The first-order valence-corrected chi connectivity index (χ1v) is 54.2. The zero-order valence-corrected chi connectivity index (χ0v) is 87.7. The highest BCUT2D eigenvalue weighted by Gasteiger charge is 2.42. The van der Waals surface area contributed by atoms with Gasteiger partial charge < -0.3 is 48.4 Å². The Morgan fingerprint density at radius 2 is 0.907 bits per heavy atom. The second-order valence-corrected chi connectivity index (χ2v) is 44.9. The van der Waals surface area contributed by atoms with Crippen molar-refractivity contribution in [2.75, 3.05) is 13.4 Å². The van der Waals surface area contributed by atoms with Gasteiger partial charge >= 0.3 is 36.0 Å². The van der Waals surface area contributed by atoms with Crippen molar-refractivity contribution < 1.29 is 112 Å². The molecule has 784 valence electrons. The first-order chi connectivity index (χ1) is 71.4. The summed E-state index contributed by atoms with van der Waals surface area (Å²) in [6.45, 7) is 9.71. The number of hydrogen-bond donors (Lipinski definition) is 5. The van der Waals surface area contributed by atoms with Crippen molar-refractivity contribution in [1.82, 2.24) is 22.8 Å². The van der Waals surface area contributed by atoms with E-state index in [1.165, 1.54) is 68.6 Å². The Hall–Kier alpha value is -12.2. The first kappa shape index (κ1) is 109. The van der Waals surface area contributed by atoms with Gasteiger partial charge in [0.1, 0.15) is 29.1 Å². The number of halogens is 12.